The first-order chi connectivity index (χ1) is 10.5. The van der Waals surface area contributed by atoms with E-state index in [2.05, 4.69) is 5.32 Å². The Hall–Kier alpha value is -1.59. The Morgan fingerprint density at radius 2 is 2.00 bits per heavy atom. The third-order valence-electron chi connectivity index (χ3n) is 4.22. The van der Waals surface area contributed by atoms with Crippen LogP contribution in [0.15, 0.2) is 24.3 Å². The van der Waals surface area contributed by atoms with Gasteiger partial charge in [0.1, 0.15) is 0 Å². The van der Waals surface area contributed by atoms with Crippen LogP contribution >= 0.6 is 11.6 Å². The number of rotatable bonds is 5. The van der Waals surface area contributed by atoms with E-state index in [1.807, 2.05) is 30.0 Å². The fourth-order valence-corrected chi connectivity index (χ4v) is 2.87. The van der Waals surface area contributed by atoms with Crippen molar-refractivity contribution < 1.29 is 14.7 Å². The van der Waals surface area contributed by atoms with E-state index in [1.54, 1.807) is 6.07 Å². The maximum absolute atomic E-state index is 12.2. The highest BCUT2D eigenvalue weighted by Gasteiger charge is 2.29. The summed E-state index contributed by atoms with van der Waals surface area (Å²) in [5.74, 6) is -1.08. The van der Waals surface area contributed by atoms with Crippen molar-refractivity contribution in [3.8, 4) is 0 Å². The molecule has 1 aliphatic heterocycles. The lowest BCUT2D eigenvalue weighted by atomic mass is 9.96. The van der Waals surface area contributed by atoms with Gasteiger partial charge in [-0.3, -0.25) is 14.5 Å². The van der Waals surface area contributed by atoms with Crippen molar-refractivity contribution in [2.45, 2.75) is 32.4 Å². The van der Waals surface area contributed by atoms with E-state index in [-0.39, 0.29) is 17.9 Å². The minimum Gasteiger partial charge on any atom is -0.481 e. The van der Waals surface area contributed by atoms with Gasteiger partial charge in [-0.1, -0.05) is 29.8 Å². The normalized spacial score (nSPS) is 17.9. The molecule has 1 aromatic rings. The molecule has 0 aliphatic carbocycles. The molecule has 2 rings (SSSR count). The molecule has 1 atom stereocenters. The molecule has 0 saturated carbocycles. The van der Waals surface area contributed by atoms with Crippen molar-refractivity contribution >= 4 is 23.5 Å². The molecule has 1 saturated heterocycles. The molecule has 0 spiro atoms. The molecular formula is C16H21ClN2O3. The quantitative estimate of drug-likeness (QED) is 0.870. The van der Waals surface area contributed by atoms with E-state index < -0.39 is 5.97 Å². The van der Waals surface area contributed by atoms with Crippen LogP contribution in [0.1, 0.15) is 25.3 Å². The smallest absolute Gasteiger partial charge is 0.306 e. The van der Waals surface area contributed by atoms with E-state index in [0.717, 1.165) is 5.56 Å². The zero-order valence-electron chi connectivity index (χ0n) is 12.6. The third-order valence-corrected chi connectivity index (χ3v) is 4.59. The van der Waals surface area contributed by atoms with Gasteiger partial charge in [0.25, 0.3) is 0 Å². The van der Waals surface area contributed by atoms with Crippen LogP contribution in [-0.4, -0.2) is 41.0 Å². The average Bonchev–Trinajstić information content (AvgIpc) is 2.53. The predicted molar refractivity (Wildman–Crippen MR) is 84.7 cm³/mol. The lowest BCUT2D eigenvalue weighted by Crippen LogP contribution is -2.48. The number of aliphatic carboxylic acids is 1. The van der Waals surface area contributed by atoms with E-state index in [9.17, 15) is 9.59 Å². The van der Waals surface area contributed by atoms with Crippen molar-refractivity contribution in [1.82, 2.24) is 10.2 Å². The second-order valence-corrected chi connectivity index (χ2v) is 6.04. The van der Waals surface area contributed by atoms with Gasteiger partial charge in [-0.2, -0.15) is 0 Å². The van der Waals surface area contributed by atoms with Gasteiger partial charge in [-0.15, -0.1) is 0 Å². The first kappa shape index (κ1) is 16.8. The zero-order valence-corrected chi connectivity index (χ0v) is 13.3. The Bertz CT molecular complexity index is 542. The molecule has 1 unspecified atom stereocenters. The van der Waals surface area contributed by atoms with Crippen LogP contribution in [0.2, 0.25) is 5.02 Å². The molecule has 1 amide bonds. The summed E-state index contributed by atoms with van der Waals surface area (Å²) in [4.78, 5) is 25.2. The number of carbonyl (C=O) groups excluding carboxylic acids is 1. The largest absolute Gasteiger partial charge is 0.481 e. The highest BCUT2D eigenvalue weighted by atomic mass is 35.5. The molecule has 1 aliphatic rings. The minimum atomic E-state index is -0.740. The lowest BCUT2D eigenvalue weighted by molar-refractivity contribution is -0.143. The lowest BCUT2D eigenvalue weighted by Gasteiger charge is -2.33. The number of halogens is 1. The second kappa shape index (κ2) is 7.61. The Kier molecular flexibility index (Phi) is 5.80. The Morgan fingerprint density at radius 3 is 2.59 bits per heavy atom. The number of carbonyl (C=O) groups is 2. The summed E-state index contributed by atoms with van der Waals surface area (Å²) in [6, 6.07) is 7.14. The average molecular weight is 325 g/mol. The van der Waals surface area contributed by atoms with Crippen LogP contribution in [0.5, 0.6) is 0 Å². The van der Waals surface area contributed by atoms with Crippen molar-refractivity contribution in [2.75, 3.05) is 13.1 Å². The molecule has 0 radical (unpaired) electrons. The monoisotopic (exact) mass is 324 g/mol. The number of hydrogen-bond acceptors (Lipinski definition) is 3. The Labute approximate surface area is 135 Å². The number of hydrogen-bond donors (Lipinski definition) is 2. The Balaban J connectivity index is 1.83. The molecule has 120 valence electrons. The van der Waals surface area contributed by atoms with Crippen LogP contribution in [0, 0.1) is 5.92 Å². The number of likely N-dealkylation sites (tertiary alicyclic amines) is 1. The van der Waals surface area contributed by atoms with E-state index in [0.29, 0.717) is 37.5 Å². The van der Waals surface area contributed by atoms with Crippen molar-refractivity contribution in [3.05, 3.63) is 34.9 Å². The van der Waals surface area contributed by atoms with Crippen LogP contribution in [0.3, 0.4) is 0 Å². The van der Waals surface area contributed by atoms with Gasteiger partial charge in [-0.05, 0) is 44.5 Å². The van der Waals surface area contributed by atoms with Crippen LogP contribution < -0.4 is 5.32 Å². The van der Waals surface area contributed by atoms with Gasteiger partial charge < -0.3 is 10.4 Å². The fourth-order valence-electron chi connectivity index (χ4n) is 2.67. The maximum atomic E-state index is 12.2. The summed E-state index contributed by atoms with van der Waals surface area (Å²) in [7, 11) is 0. The van der Waals surface area contributed by atoms with Gasteiger partial charge in [-0.25, -0.2) is 0 Å². The minimum absolute atomic E-state index is 0.0614. The zero-order chi connectivity index (χ0) is 16.1. The highest BCUT2D eigenvalue weighted by molar-refractivity contribution is 6.31. The third kappa shape index (κ3) is 4.21. The van der Waals surface area contributed by atoms with Crippen molar-refractivity contribution in [1.29, 1.82) is 0 Å². The van der Waals surface area contributed by atoms with Crippen LogP contribution in [0.4, 0.5) is 0 Å². The Morgan fingerprint density at radius 1 is 1.36 bits per heavy atom. The number of carboxylic acid groups (broad SMARTS) is 1. The second-order valence-electron chi connectivity index (χ2n) is 5.63. The van der Waals surface area contributed by atoms with Crippen molar-refractivity contribution in [3.63, 3.8) is 0 Å². The standard InChI is InChI=1S/C16H21ClN2O3/c1-11(19-8-6-12(7-9-19)16(21)22)15(20)18-10-13-4-2-3-5-14(13)17/h2-5,11-12H,6-10H2,1H3,(H,18,20)(H,21,22). The number of benzene rings is 1. The number of nitrogens with one attached hydrogen (secondary N) is 1. The van der Waals surface area contributed by atoms with E-state index >= 15 is 0 Å². The molecule has 22 heavy (non-hydrogen) atoms. The summed E-state index contributed by atoms with van der Waals surface area (Å²) in [5, 5.41) is 12.5. The topological polar surface area (TPSA) is 69.6 Å². The first-order valence-corrected chi connectivity index (χ1v) is 7.85. The molecule has 2 N–H and O–H groups in total. The van der Waals surface area contributed by atoms with Gasteiger partial charge in [0.05, 0.1) is 12.0 Å². The molecular weight excluding hydrogens is 304 g/mol. The maximum Gasteiger partial charge on any atom is 0.306 e. The number of carboxylic acids is 1. The number of amides is 1. The van der Waals surface area contributed by atoms with E-state index in [4.69, 9.17) is 16.7 Å². The number of piperidine rings is 1. The molecule has 1 fully saturated rings. The van der Waals surface area contributed by atoms with Crippen LogP contribution in [-0.2, 0) is 16.1 Å². The summed E-state index contributed by atoms with van der Waals surface area (Å²) in [5.41, 5.74) is 0.884. The fraction of sp³-hybridized carbons (Fsp3) is 0.500. The summed E-state index contributed by atoms with van der Waals surface area (Å²) in [6.07, 6.45) is 1.19. The molecule has 5 nitrogen and oxygen atoms in total. The summed E-state index contributed by atoms with van der Waals surface area (Å²) < 4.78 is 0. The molecule has 6 heteroatoms. The molecule has 0 bridgehead atoms. The molecule has 0 aromatic heterocycles. The predicted octanol–water partition coefficient (Wildman–Crippen LogP) is 2.14. The summed E-state index contributed by atoms with van der Waals surface area (Å²) in [6.45, 7) is 3.52. The van der Waals surface area contributed by atoms with Gasteiger partial charge in [0.15, 0.2) is 0 Å². The van der Waals surface area contributed by atoms with Crippen LogP contribution in [0.25, 0.3) is 0 Å². The molecule has 1 heterocycles. The van der Waals surface area contributed by atoms with Gasteiger partial charge in [0.2, 0.25) is 5.91 Å². The van der Waals surface area contributed by atoms with Crippen molar-refractivity contribution in [2.24, 2.45) is 5.92 Å². The highest BCUT2D eigenvalue weighted by Crippen LogP contribution is 2.19. The SMILES string of the molecule is CC(C(=O)NCc1ccccc1Cl)N1CCC(C(=O)O)CC1. The molecule has 1 aromatic carbocycles. The van der Waals surface area contributed by atoms with Gasteiger partial charge >= 0.3 is 5.97 Å². The number of nitrogens with zero attached hydrogens (tertiary/aromatic N) is 1. The summed E-state index contributed by atoms with van der Waals surface area (Å²) >= 11 is 6.06. The first-order valence-electron chi connectivity index (χ1n) is 7.47. The van der Waals surface area contributed by atoms with Gasteiger partial charge in [0, 0.05) is 11.6 Å². The van der Waals surface area contributed by atoms with E-state index in [1.165, 1.54) is 0 Å².